The van der Waals surface area contributed by atoms with Crippen LogP contribution in [0, 0.1) is 5.92 Å². The second-order valence-corrected chi connectivity index (χ2v) is 3.16. The molecule has 1 aromatic rings. The lowest BCUT2D eigenvalue weighted by Crippen LogP contribution is -2.01. The van der Waals surface area contributed by atoms with Crippen molar-refractivity contribution in [1.29, 1.82) is 0 Å². The minimum absolute atomic E-state index is 0.128. The predicted octanol–water partition coefficient (Wildman–Crippen LogP) is 1.31. The highest BCUT2D eigenvalue weighted by molar-refractivity contribution is 6.28. The molecule has 0 radical (unpaired) electrons. The summed E-state index contributed by atoms with van der Waals surface area (Å²) >= 11 is 5.51. The lowest BCUT2D eigenvalue weighted by molar-refractivity contribution is 0.286. The van der Waals surface area contributed by atoms with Gasteiger partial charge in [0.1, 0.15) is 6.20 Å². The van der Waals surface area contributed by atoms with Gasteiger partial charge >= 0.3 is 0 Å². The van der Waals surface area contributed by atoms with E-state index in [1.807, 2.05) is 0 Å². The van der Waals surface area contributed by atoms with E-state index >= 15 is 0 Å². The zero-order valence-electron chi connectivity index (χ0n) is 6.40. The lowest BCUT2D eigenvalue weighted by atomic mass is 10.5. The smallest absolute Gasteiger partial charge is 0.246 e. The quantitative estimate of drug-likeness (QED) is 0.713. The van der Waals surface area contributed by atoms with Crippen molar-refractivity contribution in [3.63, 3.8) is 0 Å². The third kappa shape index (κ3) is 2.04. The van der Waals surface area contributed by atoms with Gasteiger partial charge in [-0.2, -0.15) is 10.1 Å². The average molecular weight is 186 g/mol. The van der Waals surface area contributed by atoms with Crippen LogP contribution in [0.5, 0.6) is 5.88 Å². The van der Waals surface area contributed by atoms with E-state index in [0.29, 0.717) is 11.8 Å². The van der Waals surface area contributed by atoms with E-state index in [1.54, 1.807) is 0 Å². The van der Waals surface area contributed by atoms with Crippen molar-refractivity contribution in [3.8, 4) is 5.88 Å². The van der Waals surface area contributed by atoms with Gasteiger partial charge in [0, 0.05) is 0 Å². The molecule has 0 N–H and O–H groups in total. The molecule has 1 heterocycles. The number of halogens is 1. The van der Waals surface area contributed by atoms with Crippen LogP contribution in [0.3, 0.4) is 0 Å². The Balaban J connectivity index is 1.92. The molecular weight excluding hydrogens is 178 g/mol. The molecule has 4 nitrogen and oxygen atoms in total. The summed E-state index contributed by atoms with van der Waals surface area (Å²) in [6, 6.07) is 0. The van der Waals surface area contributed by atoms with Gasteiger partial charge in [0.25, 0.3) is 0 Å². The second-order valence-electron chi connectivity index (χ2n) is 2.82. The molecule has 0 aromatic carbocycles. The van der Waals surface area contributed by atoms with Crippen LogP contribution in [0.15, 0.2) is 6.20 Å². The number of ether oxygens (including phenoxy) is 1. The number of aromatic nitrogens is 3. The Kier molecular flexibility index (Phi) is 2.08. The van der Waals surface area contributed by atoms with E-state index in [-0.39, 0.29) is 5.28 Å². The molecule has 1 aromatic heterocycles. The molecule has 1 aliphatic rings. The molecule has 1 fully saturated rings. The van der Waals surface area contributed by atoms with E-state index < -0.39 is 0 Å². The van der Waals surface area contributed by atoms with Crippen molar-refractivity contribution in [3.05, 3.63) is 11.5 Å². The van der Waals surface area contributed by atoms with Gasteiger partial charge < -0.3 is 4.74 Å². The first-order valence-electron chi connectivity index (χ1n) is 3.82. The Morgan fingerprint density at radius 1 is 1.58 bits per heavy atom. The van der Waals surface area contributed by atoms with Crippen LogP contribution in [0.2, 0.25) is 5.28 Å². The van der Waals surface area contributed by atoms with E-state index in [2.05, 4.69) is 15.2 Å². The van der Waals surface area contributed by atoms with E-state index in [9.17, 15) is 0 Å². The largest absolute Gasteiger partial charge is 0.476 e. The van der Waals surface area contributed by atoms with Crippen LogP contribution < -0.4 is 4.74 Å². The molecule has 2 rings (SSSR count). The Labute approximate surface area is 74.9 Å². The van der Waals surface area contributed by atoms with Crippen LogP contribution in [0.4, 0.5) is 0 Å². The van der Waals surface area contributed by atoms with Crippen LogP contribution in [-0.4, -0.2) is 21.8 Å². The maximum Gasteiger partial charge on any atom is 0.246 e. The van der Waals surface area contributed by atoms with Crippen molar-refractivity contribution in [2.75, 3.05) is 6.61 Å². The molecule has 64 valence electrons. The fraction of sp³-hybridized carbons (Fsp3) is 0.571. The van der Waals surface area contributed by atoms with Crippen LogP contribution in [-0.2, 0) is 0 Å². The van der Waals surface area contributed by atoms with Crippen molar-refractivity contribution < 1.29 is 4.74 Å². The molecule has 1 saturated carbocycles. The summed E-state index contributed by atoms with van der Waals surface area (Å²) in [5.74, 6) is 1.17. The van der Waals surface area contributed by atoms with Crippen molar-refractivity contribution in [2.24, 2.45) is 5.92 Å². The normalized spacial score (nSPS) is 16.1. The molecular formula is C7H8ClN3O. The third-order valence-electron chi connectivity index (χ3n) is 1.67. The summed E-state index contributed by atoms with van der Waals surface area (Å²) in [5.41, 5.74) is 0. The Morgan fingerprint density at radius 3 is 3.08 bits per heavy atom. The molecule has 5 heteroatoms. The fourth-order valence-corrected chi connectivity index (χ4v) is 0.952. The molecule has 1 aliphatic carbocycles. The zero-order chi connectivity index (χ0) is 8.39. The maximum atomic E-state index is 5.51. The fourth-order valence-electron chi connectivity index (χ4n) is 0.825. The van der Waals surface area contributed by atoms with Gasteiger partial charge in [-0.25, -0.2) is 0 Å². The van der Waals surface area contributed by atoms with E-state index in [4.69, 9.17) is 16.3 Å². The first kappa shape index (κ1) is 7.73. The second kappa shape index (κ2) is 3.23. The highest BCUT2D eigenvalue weighted by Crippen LogP contribution is 2.29. The van der Waals surface area contributed by atoms with Crippen molar-refractivity contribution >= 4 is 11.6 Å². The van der Waals surface area contributed by atoms with E-state index in [0.717, 1.165) is 6.61 Å². The maximum absolute atomic E-state index is 5.51. The number of hydrogen-bond acceptors (Lipinski definition) is 4. The minimum atomic E-state index is 0.128. The number of nitrogens with zero attached hydrogens (tertiary/aromatic N) is 3. The summed E-state index contributed by atoms with van der Waals surface area (Å²) < 4.78 is 5.31. The molecule has 12 heavy (non-hydrogen) atoms. The van der Waals surface area contributed by atoms with Gasteiger partial charge in [0.2, 0.25) is 11.2 Å². The SMILES string of the molecule is Clc1nncc(OCC2CC2)n1. The summed E-state index contributed by atoms with van der Waals surface area (Å²) in [5, 5.41) is 7.25. The van der Waals surface area contributed by atoms with Crippen LogP contribution in [0.1, 0.15) is 12.8 Å². The third-order valence-corrected chi connectivity index (χ3v) is 1.83. The van der Waals surface area contributed by atoms with Crippen molar-refractivity contribution in [2.45, 2.75) is 12.8 Å². The first-order valence-corrected chi connectivity index (χ1v) is 4.20. The van der Waals surface area contributed by atoms with Gasteiger partial charge in [-0.15, -0.1) is 5.10 Å². The Morgan fingerprint density at radius 2 is 2.42 bits per heavy atom. The average Bonchev–Trinajstić information content (AvgIpc) is 2.84. The molecule has 0 saturated heterocycles. The predicted molar refractivity (Wildman–Crippen MR) is 43.1 cm³/mol. The standard InChI is InChI=1S/C7H8ClN3O/c8-7-10-6(3-9-11-7)12-4-5-1-2-5/h3,5H,1-2,4H2. The van der Waals surface area contributed by atoms with Gasteiger partial charge in [0.05, 0.1) is 6.61 Å². The summed E-state index contributed by atoms with van der Waals surface area (Å²) in [4.78, 5) is 3.84. The summed E-state index contributed by atoms with van der Waals surface area (Å²) in [7, 11) is 0. The number of hydrogen-bond donors (Lipinski definition) is 0. The van der Waals surface area contributed by atoms with E-state index in [1.165, 1.54) is 19.0 Å². The molecule has 0 atom stereocenters. The molecule has 0 spiro atoms. The molecule has 0 amide bonds. The van der Waals surface area contributed by atoms with Gasteiger partial charge in [-0.1, -0.05) is 0 Å². The Bertz CT molecular complexity index is 277. The Hall–Kier alpha value is -0.900. The summed E-state index contributed by atoms with van der Waals surface area (Å²) in [6.45, 7) is 0.717. The lowest BCUT2D eigenvalue weighted by Gasteiger charge is -2.01. The number of rotatable bonds is 3. The minimum Gasteiger partial charge on any atom is -0.476 e. The first-order chi connectivity index (χ1) is 5.84. The zero-order valence-corrected chi connectivity index (χ0v) is 7.16. The molecule has 0 unspecified atom stereocenters. The van der Waals surface area contributed by atoms with Gasteiger partial charge in [0.15, 0.2) is 0 Å². The highest BCUT2D eigenvalue weighted by Gasteiger charge is 2.22. The van der Waals surface area contributed by atoms with Gasteiger partial charge in [-0.3, -0.25) is 0 Å². The highest BCUT2D eigenvalue weighted by atomic mass is 35.5. The molecule has 0 bridgehead atoms. The van der Waals surface area contributed by atoms with Crippen LogP contribution >= 0.6 is 11.6 Å². The molecule has 0 aliphatic heterocycles. The topological polar surface area (TPSA) is 47.9 Å². The van der Waals surface area contributed by atoms with Gasteiger partial charge in [-0.05, 0) is 30.4 Å². The van der Waals surface area contributed by atoms with Crippen molar-refractivity contribution in [1.82, 2.24) is 15.2 Å². The van der Waals surface area contributed by atoms with Crippen LogP contribution in [0.25, 0.3) is 0 Å². The monoisotopic (exact) mass is 185 g/mol. The summed E-state index contributed by atoms with van der Waals surface area (Å²) in [6.07, 6.45) is 3.98.